The second-order valence-electron chi connectivity index (χ2n) is 5.53. The number of methoxy groups -OCH3 is 3. The number of benzene rings is 2. The van der Waals surface area contributed by atoms with Gasteiger partial charge in [0.1, 0.15) is 5.82 Å². The monoisotopic (exact) mass is 373 g/mol. The molecule has 0 spiro atoms. The Morgan fingerprint density at radius 3 is 2.30 bits per heavy atom. The molecule has 0 fully saturated rings. The van der Waals surface area contributed by atoms with Gasteiger partial charge in [-0.25, -0.2) is 4.98 Å². The van der Waals surface area contributed by atoms with E-state index >= 15 is 0 Å². The molecule has 1 N–H and O–H groups in total. The van der Waals surface area contributed by atoms with Gasteiger partial charge in [-0.2, -0.15) is 0 Å². The number of nitrogens with zero attached hydrogens (tertiary/aromatic N) is 2. The van der Waals surface area contributed by atoms with E-state index in [9.17, 15) is 10.1 Å². The number of nitro benzene ring substituents is 1. The van der Waals surface area contributed by atoms with E-state index in [-0.39, 0.29) is 23.8 Å². The van der Waals surface area contributed by atoms with E-state index in [1.807, 2.05) is 0 Å². The summed E-state index contributed by atoms with van der Waals surface area (Å²) >= 11 is 0. The smallest absolute Gasteiger partial charge is 0.315 e. The first-order valence-corrected chi connectivity index (χ1v) is 8.13. The zero-order chi connectivity index (χ0) is 19.6. The van der Waals surface area contributed by atoms with Crippen molar-refractivity contribution in [1.82, 2.24) is 9.97 Å². The molecule has 1 aromatic heterocycles. The van der Waals surface area contributed by atoms with Crippen LogP contribution in [0.2, 0.25) is 0 Å². The molecule has 0 bridgehead atoms. The molecule has 0 radical (unpaired) electrons. The van der Waals surface area contributed by atoms with Crippen LogP contribution in [0.5, 0.6) is 23.0 Å². The fourth-order valence-corrected chi connectivity index (χ4v) is 2.77. The fraction of sp³-hybridized carbons (Fsp3) is 0.278. The van der Waals surface area contributed by atoms with Gasteiger partial charge in [-0.05, 0) is 13.0 Å². The normalized spacial score (nSPS) is 10.7. The third-order valence-corrected chi connectivity index (χ3v) is 4.00. The van der Waals surface area contributed by atoms with Crippen molar-refractivity contribution in [3.8, 4) is 34.4 Å². The van der Waals surface area contributed by atoms with E-state index in [4.69, 9.17) is 18.9 Å². The lowest BCUT2D eigenvalue weighted by Gasteiger charge is -2.10. The minimum Gasteiger partial charge on any atom is -0.493 e. The molecule has 0 aliphatic carbocycles. The number of imidazole rings is 1. The lowest BCUT2D eigenvalue weighted by molar-refractivity contribution is -0.385. The van der Waals surface area contributed by atoms with Gasteiger partial charge >= 0.3 is 5.69 Å². The summed E-state index contributed by atoms with van der Waals surface area (Å²) < 4.78 is 21.3. The highest BCUT2D eigenvalue weighted by atomic mass is 16.6. The van der Waals surface area contributed by atoms with E-state index in [1.54, 1.807) is 32.2 Å². The zero-order valence-electron chi connectivity index (χ0n) is 15.4. The summed E-state index contributed by atoms with van der Waals surface area (Å²) in [7, 11) is 4.51. The third-order valence-electron chi connectivity index (χ3n) is 4.00. The highest BCUT2D eigenvalue weighted by molar-refractivity contribution is 5.84. The Morgan fingerprint density at radius 2 is 1.70 bits per heavy atom. The van der Waals surface area contributed by atoms with Gasteiger partial charge in [0.25, 0.3) is 0 Å². The molecule has 142 valence electrons. The summed E-state index contributed by atoms with van der Waals surface area (Å²) in [6.07, 6.45) is 0. The summed E-state index contributed by atoms with van der Waals surface area (Å²) in [5, 5.41) is 11.5. The highest BCUT2D eigenvalue weighted by Gasteiger charge is 2.24. The van der Waals surface area contributed by atoms with Crippen molar-refractivity contribution in [2.24, 2.45) is 0 Å². The van der Waals surface area contributed by atoms with Crippen LogP contribution in [0, 0.1) is 10.1 Å². The molecule has 0 saturated carbocycles. The van der Waals surface area contributed by atoms with Gasteiger partial charge in [-0.15, -0.1) is 0 Å². The van der Waals surface area contributed by atoms with E-state index in [2.05, 4.69) is 9.97 Å². The third kappa shape index (κ3) is 3.31. The van der Waals surface area contributed by atoms with Crippen molar-refractivity contribution >= 4 is 16.7 Å². The van der Waals surface area contributed by atoms with Crippen LogP contribution >= 0.6 is 0 Å². The highest BCUT2D eigenvalue weighted by Crippen LogP contribution is 2.41. The van der Waals surface area contributed by atoms with Crippen LogP contribution in [0.25, 0.3) is 22.4 Å². The van der Waals surface area contributed by atoms with Crippen LogP contribution in [-0.4, -0.2) is 42.8 Å². The number of fused-ring (bicyclic) bond motifs is 1. The Kier molecular flexibility index (Phi) is 5.02. The van der Waals surface area contributed by atoms with Crippen LogP contribution in [0.1, 0.15) is 6.92 Å². The van der Waals surface area contributed by atoms with Crippen LogP contribution in [0.4, 0.5) is 5.69 Å². The summed E-state index contributed by atoms with van der Waals surface area (Å²) in [6.45, 7) is 2.03. The predicted molar refractivity (Wildman–Crippen MR) is 99.0 cm³/mol. The molecule has 27 heavy (non-hydrogen) atoms. The van der Waals surface area contributed by atoms with Gasteiger partial charge in [0, 0.05) is 23.8 Å². The first-order chi connectivity index (χ1) is 13.0. The maximum atomic E-state index is 11.5. The largest absolute Gasteiger partial charge is 0.493 e. The minimum absolute atomic E-state index is 0.0909. The molecule has 9 heteroatoms. The molecule has 1 heterocycles. The first-order valence-electron chi connectivity index (χ1n) is 8.13. The van der Waals surface area contributed by atoms with Gasteiger partial charge in [0.15, 0.2) is 17.2 Å². The number of hydrogen-bond acceptors (Lipinski definition) is 7. The number of rotatable bonds is 7. The van der Waals surface area contributed by atoms with Gasteiger partial charge in [0.2, 0.25) is 5.75 Å². The average molecular weight is 373 g/mol. The number of nitrogens with one attached hydrogen (secondary N) is 1. The molecule has 2 aromatic carbocycles. The Balaban J connectivity index is 2.18. The van der Waals surface area contributed by atoms with Crippen LogP contribution < -0.4 is 18.9 Å². The molecular weight excluding hydrogens is 354 g/mol. The second-order valence-corrected chi connectivity index (χ2v) is 5.53. The van der Waals surface area contributed by atoms with Gasteiger partial charge in [-0.3, -0.25) is 10.1 Å². The Labute approximate surface area is 155 Å². The molecular formula is C18H19N3O6. The SMILES string of the molecule is CCOc1c(OC)cc(-c2nc3cc(OC)c(OC)cc3[nH]2)cc1[N+](=O)[O-]. The van der Waals surface area contributed by atoms with Gasteiger partial charge in [0.05, 0.1) is 43.9 Å². The van der Waals surface area contributed by atoms with E-state index in [0.717, 1.165) is 0 Å². The summed E-state index contributed by atoms with van der Waals surface area (Å²) in [5.41, 5.74) is 1.65. The first kappa shape index (κ1) is 18.3. The standard InChI is InChI=1S/C18H19N3O6/c1-5-27-17-13(21(22)23)6-10(7-16(17)26-4)18-19-11-8-14(24-2)15(25-3)9-12(11)20-18/h6-9H,5H2,1-4H3,(H,19,20). The minimum atomic E-state index is -0.508. The second kappa shape index (κ2) is 7.40. The molecule has 0 saturated heterocycles. The van der Waals surface area contributed by atoms with Crippen molar-refractivity contribution in [3.63, 3.8) is 0 Å². The molecule has 0 aliphatic rings. The van der Waals surface area contributed by atoms with Gasteiger partial charge in [-0.1, -0.05) is 0 Å². The predicted octanol–water partition coefficient (Wildman–Crippen LogP) is 3.56. The van der Waals surface area contributed by atoms with E-state index in [0.29, 0.717) is 33.9 Å². The number of hydrogen-bond donors (Lipinski definition) is 1. The number of aromatic amines is 1. The number of nitro groups is 1. The van der Waals surface area contributed by atoms with Crippen molar-refractivity contribution in [3.05, 3.63) is 34.4 Å². The maximum absolute atomic E-state index is 11.5. The summed E-state index contributed by atoms with van der Waals surface area (Å²) in [6, 6.07) is 6.53. The molecule has 0 unspecified atom stereocenters. The fourth-order valence-electron chi connectivity index (χ4n) is 2.77. The molecule has 0 atom stereocenters. The Bertz CT molecular complexity index is 957. The quantitative estimate of drug-likeness (QED) is 0.498. The van der Waals surface area contributed by atoms with E-state index in [1.165, 1.54) is 20.3 Å². The van der Waals surface area contributed by atoms with Crippen molar-refractivity contribution < 1.29 is 23.9 Å². The number of ether oxygens (including phenoxy) is 4. The summed E-state index contributed by atoms with van der Waals surface area (Å²) in [4.78, 5) is 18.6. The topological polar surface area (TPSA) is 109 Å². The Morgan fingerprint density at radius 1 is 1.04 bits per heavy atom. The van der Waals surface area contributed by atoms with Crippen molar-refractivity contribution in [1.29, 1.82) is 0 Å². The zero-order valence-corrected chi connectivity index (χ0v) is 15.4. The lowest BCUT2D eigenvalue weighted by Crippen LogP contribution is -2.01. The van der Waals surface area contributed by atoms with Crippen molar-refractivity contribution in [2.45, 2.75) is 6.92 Å². The van der Waals surface area contributed by atoms with Crippen LogP contribution in [-0.2, 0) is 0 Å². The Hall–Kier alpha value is -3.49. The molecule has 3 aromatic rings. The molecule has 3 rings (SSSR count). The summed E-state index contributed by atoms with van der Waals surface area (Å²) in [5.74, 6) is 1.89. The molecule has 0 aliphatic heterocycles. The van der Waals surface area contributed by atoms with E-state index < -0.39 is 4.92 Å². The molecule has 9 nitrogen and oxygen atoms in total. The lowest BCUT2D eigenvalue weighted by atomic mass is 10.1. The molecule has 0 amide bonds. The maximum Gasteiger partial charge on any atom is 0.315 e. The number of H-pyrrole nitrogens is 1. The number of aromatic nitrogens is 2. The van der Waals surface area contributed by atoms with Crippen molar-refractivity contribution in [2.75, 3.05) is 27.9 Å². The average Bonchev–Trinajstić information content (AvgIpc) is 3.09. The van der Waals surface area contributed by atoms with Crippen LogP contribution in [0.3, 0.4) is 0 Å². The van der Waals surface area contributed by atoms with Crippen LogP contribution in [0.15, 0.2) is 24.3 Å². The van der Waals surface area contributed by atoms with Gasteiger partial charge < -0.3 is 23.9 Å².